The molecular weight excluding hydrogens is 829 g/mol. The van der Waals surface area contributed by atoms with Crippen LogP contribution in [0.5, 0.6) is 5.75 Å². The summed E-state index contributed by atoms with van der Waals surface area (Å²) in [5.41, 5.74) is 19.4. The largest absolute Gasteiger partial charge is 0.460 e. The van der Waals surface area contributed by atoms with Gasteiger partial charge in [-0.1, -0.05) is 166 Å². The molecule has 1 fully saturated rings. The molecule has 8 aromatic rings. The van der Waals surface area contributed by atoms with Crippen LogP contribution in [0.2, 0.25) is 0 Å². The molecule has 1 aromatic heterocycles. The van der Waals surface area contributed by atoms with Gasteiger partial charge in [-0.25, -0.2) is 0 Å². The van der Waals surface area contributed by atoms with Crippen molar-refractivity contribution in [1.29, 1.82) is 0 Å². The molecule has 7 aliphatic rings. The third-order valence-electron chi connectivity index (χ3n) is 16.5. The molecule has 1 saturated carbocycles. The number of benzene rings is 7. The molecular formula is C64H48N2O2. The van der Waals surface area contributed by atoms with E-state index >= 15 is 0 Å². The first-order chi connectivity index (χ1) is 33.5. The van der Waals surface area contributed by atoms with E-state index in [1.54, 1.807) is 0 Å². The number of allylic oxidation sites excluding steroid dienone is 8. The van der Waals surface area contributed by atoms with Gasteiger partial charge in [-0.15, -0.1) is 0 Å². The zero-order chi connectivity index (χ0) is 44.9. The second-order valence-corrected chi connectivity index (χ2v) is 20.2. The fourth-order valence-corrected chi connectivity index (χ4v) is 13.2. The Labute approximate surface area is 396 Å². The summed E-state index contributed by atoms with van der Waals surface area (Å²) in [6.07, 6.45) is 22.8. The molecule has 0 saturated heterocycles. The van der Waals surface area contributed by atoms with E-state index in [0.29, 0.717) is 11.8 Å². The van der Waals surface area contributed by atoms with Crippen LogP contribution in [0.15, 0.2) is 217 Å². The number of hydrogen-bond acceptors (Lipinski definition) is 4. The number of para-hydroxylation sites is 4. The first kappa shape index (κ1) is 38.3. The van der Waals surface area contributed by atoms with E-state index in [1.165, 1.54) is 61.6 Å². The summed E-state index contributed by atoms with van der Waals surface area (Å²) in [5, 5.41) is 2.31. The van der Waals surface area contributed by atoms with Gasteiger partial charge in [0.2, 0.25) is 0 Å². The van der Waals surface area contributed by atoms with Crippen LogP contribution in [0.1, 0.15) is 71.9 Å². The summed E-state index contributed by atoms with van der Waals surface area (Å²) in [4.78, 5) is 5.20. The van der Waals surface area contributed by atoms with E-state index in [1.807, 2.05) is 6.07 Å². The second kappa shape index (κ2) is 13.9. The lowest BCUT2D eigenvalue weighted by Gasteiger charge is -2.34. The first-order valence-electron chi connectivity index (χ1n) is 24.4. The average molecular weight is 877 g/mol. The monoisotopic (exact) mass is 876 g/mol. The standard InChI is InChI=1S/C64H48N2O2/c1-63(2)55-37-43(32-34-47(55)48-35-33-44(38-56(48)63)66-57-21-6-3-15-53(57)60-54-20-9-10-36-64(54,60)66)65(41-28-24-39(25-29-41)45-16-11-18-51-49-13-4-7-22-58(49)67-61(45)51)42-30-26-40(27-31-42)46-17-12-19-52-50-14-5-8-23-59(50)68-62(46)52/h3-18,20-28,30-38,41,52,54,60H,19,29H2,1-2H3. The van der Waals surface area contributed by atoms with Crippen molar-refractivity contribution in [3.05, 3.63) is 245 Å². The molecule has 15 rings (SSSR count). The van der Waals surface area contributed by atoms with Crippen LogP contribution in [0.25, 0.3) is 44.2 Å². The van der Waals surface area contributed by atoms with Crippen LogP contribution in [-0.2, 0) is 5.41 Å². The van der Waals surface area contributed by atoms with Gasteiger partial charge in [0.15, 0.2) is 0 Å². The van der Waals surface area contributed by atoms with Gasteiger partial charge in [0.05, 0.1) is 11.6 Å². The highest BCUT2D eigenvalue weighted by molar-refractivity contribution is 6.08. The first-order valence-corrected chi connectivity index (χ1v) is 24.4. The van der Waals surface area contributed by atoms with E-state index in [9.17, 15) is 0 Å². The molecule has 2 aliphatic heterocycles. The maximum Gasteiger partial charge on any atom is 0.143 e. The molecule has 5 aliphatic carbocycles. The summed E-state index contributed by atoms with van der Waals surface area (Å²) in [7, 11) is 0. The van der Waals surface area contributed by atoms with Crippen molar-refractivity contribution < 1.29 is 9.15 Å². The summed E-state index contributed by atoms with van der Waals surface area (Å²) < 4.78 is 13.1. The minimum atomic E-state index is -0.217. The minimum Gasteiger partial charge on any atom is -0.460 e. The predicted octanol–water partition coefficient (Wildman–Crippen LogP) is 16.0. The topological polar surface area (TPSA) is 28.9 Å². The number of rotatable bonds is 6. The minimum absolute atomic E-state index is 0.0206. The Morgan fingerprint density at radius 1 is 0.647 bits per heavy atom. The molecule has 7 aromatic carbocycles. The van der Waals surface area contributed by atoms with Crippen LogP contribution < -0.4 is 14.5 Å². The van der Waals surface area contributed by atoms with Gasteiger partial charge in [-0.3, -0.25) is 0 Å². The van der Waals surface area contributed by atoms with Crippen molar-refractivity contribution in [2.75, 3.05) is 9.80 Å². The zero-order valence-electron chi connectivity index (χ0n) is 38.1. The Morgan fingerprint density at radius 3 is 2.31 bits per heavy atom. The Balaban J connectivity index is 0.808. The molecule has 68 heavy (non-hydrogen) atoms. The molecule has 4 nitrogen and oxygen atoms in total. The quantitative estimate of drug-likeness (QED) is 0.166. The second-order valence-electron chi connectivity index (χ2n) is 20.2. The van der Waals surface area contributed by atoms with Crippen molar-refractivity contribution in [1.82, 2.24) is 0 Å². The Kier molecular flexibility index (Phi) is 7.81. The van der Waals surface area contributed by atoms with Gasteiger partial charge in [-0.05, 0) is 106 Å². The number of fused-ring (bicyclic) bond motifs is 12. The van der Waals surface area contributed by atoms with Gasteiger partial charge in [0.25, 0.3) is 0 Å². The van der Waals surface area contributed by atoms with Crippen molar-refractivity contribution in [2.45, 2.75) is 55.5 Å². The van der Waals surface area contributed by atoms with E-state index in [2.05, 4.69) is 224 Å². The number of furan rings is 1. The molecule has 5 atom stereocenters. The highest BCUT2D eigenvalue weighted by Crippen LogP contribution is 2.72. The number of nitrogens with zero attached hydrogens (tertiary/aromatic N) is 2. The smallest absolute Gasteiger partial charge is 0.143 e. The van der Waals surface area contributed by atoms with Crippen molar-refractivity contribution in [3.8, 4) is 16.9 Å². The Bertz CT molecular complexity index is 3690. The molecule has 3 heterocycles. The molecule has 0 bridgehead atoms. The third-order valence-corrected chi connectivity index (χ3v) is 16.5. The normalized spacial score (nSPS) is 23.7. The summed E-state index contributed by atoms with van der Waals surface area (Å²) in [5.74, 6) is 3.30. The van der Waals surface area contributed by atoms with Crippen LogP contribution in [-0.4, -0.2) is 11.6 Å². The van der Waals surface area contributed by atoms with Crippen LogP contribution in [0.3, 0.4) is 0 Å². The molecule has 0 amide bonds. The lowest BCUT2D eigenvalue weighted by Crippen LogP contribution is -2.32. The van der Waals surface area contributed by atoms with E-state index in [0.717, 1.165) is 63.1 Å². The van der Waals surface area contributed by atoms with Gasteiger partial charge < -0.3 is 19.0 Å². The zero-order valence-corrected chi connectivity index (χ0v) is 38.1. The highest BCUT2D eigenvalue weighted by atomic mass is 16.5. The predicted molar refractivity (Wildman–Crippen MR) is 278 cm³/mol. The van der Waals surface area contributed by atoms with Gasteiger partial charge in [0.1, 0.15) is 22.7 Å². The van der Waals surface area contributed by atoms with Crippen LogP contribution >= 0.6 is 0 Å². The molecule has 5 unspecified atom stereocenters. The van der Waals surface area contributed by atoms with E-state index < -0.39 is 0 Å². The molecule has 326 valence electrons. The number of anilines is 4. The number of hydrogen-bond donors (Lipinski definition) is 0. The molecule has 1 spiro atoms. The van der Waals surface area contributed by atoms with Crippen molar-refractivity contribution >= 4 is 55.8 Å². The molecule has 0 N–H and O–H groups in total. The van der Waals surface area contributed by atoms with Gasteiger partial charge in [0, 0.05) is 73.4 Å². The lowest BCUT2D eigenvalue weighted by atomic mass is 9.82. The molecule has 0 radical (unpaired) electrons. The third kappa shape index (κ3) is 5.20. The fourth-order valence-electron chi connectivity index (χ4n) is 13.2. The fraction of sp³-hybridized carbons (Fsp3) is 0.156. The van der Waals surface area contributed by atoms with Crippen LogP contribution in [0, 0.1) is 5.92 Å². The maximum absolute atomic E-state index is 6.57. The summed E-state index contributed by atoms with van der Waals surface area (Å²) in [6.45, 7) is 4.84. The van der Waals surface area contributed by atoms with Gasteiger partial charge in [-0.2, -0.15) is 0 Å². The Morgan fingerprint density at radius 2 is 1.43 bits per heavy atom. The summed E-state index contributed by atoms with van der Waals surface area (Å²) >= 11 is 0. The van der Waals surface area contributed by atoms with Gasteiger partial charge >= 0.3 is 0 Å². The van der Waals surface area contributed by atoms with Crippen LogP contribution in [0.4, 0.5) is 22.7 Å². The maximum atomic E-state index is 6.57. The summed E-state index contributed by atoms with van der Waals surface area (Å²) in [6, 6.07) is 56.2. The van der Waals surface area contributed by atoms with Crippen molar-refractivity contribution in [2.24, 2.45) is 5.92 Å². The SMILES string of the molecule is CC1(C)c2cc(N(c3ccc(C4=C5Oc6ccccc6C5CC=C4)cc3)C3C=CC(c4cccc5c4oc4ccccc45)=CC3)ccc2-c2ccc(N3c4ccccc4C4C5C=CC=CC543)cc21. The number of ether oxygens (including phenoxy) is 1. The molecule has 4 heteroatoms. The van der Waals surface area contributed by atoms with E-state index in [4.69, 9.17) is 9.15 Å². The van der Waals surface area contributed by atoms with E-state index in [-0.39, 0.29) is 22.9 Å². The van der Waals surface area contributed by atoms with Crippen molar-refractivity contribution in [3.63, 3.8) is 0 Å². The average Bonchev–Trinajstić information content (AvgIpc) is 3.64. The lowest BCUT2D eigenvalue weighted by molar-refractivity contribution is 0.429. The Hall–Kier alpha value is -7.82. The highest BCUT2D eigenvalue weighted by Gasteiger charge is 2.71.